The van der Waals surface area contributed by atoms with Crippen molar-refractivity contribution < 1.29 is 0 Å². The Morgan fingerprint density at radius 2 is 1.67 bits per heavy atom. The minimum Gasteiger partial charge on any atom is -0.385 e. The molecule has 0 fully saturated rings. The van der Waals surface area contributed by atoms with Crippen LogP contribution in [-0.2, 0) is 6.42 Å². The molecule has 5 rings (SSSR count). The van der Waals surface area contributed by atoms with Gasteiger partial charge in [0.1, 0.15) is 10.6 Å². The van der Waals surface area contributed by atoms with E-state index in [1.807, 2.05) is 11.8 Å². The largest absolute Gasteiger partial charge is 0.385 e. The SMILES string of the molecule is Nc1[nH]c(=S)nc2sc3c(c12)C[C@H](c1ccccc1)S[C@H]3c1ccccc1. The van der Waals surface area contributed by atoms with Crippen LogP contribution in [0.3, 0.4) is 0 Å². The van der Waals surface area contributed by atoms with E-state index in [0.29, 0.717) is 15.8 Å². The summed E-state index contributed by atoms with van der Waals surface area (Å²) in [6, 6.07) is 21.4. The van der Waals surface area contributed by atoms with Crippen molar-refractivity contribution in [2.75, 3.05) is 5.73 Å². The summed E-state index contributed by atoms with van der Waals surface area (Å²) in [6.07, 6.45) is 0.948. The van der Waals surface area contributed by atoms with E-state index < -0.39 is 0 Å². The quantitative estimate of drug-likeness (QED) is 0.397. The normalized spacial score (nSPS) is 19.1. The molecule has 0 amide bonds. The predicted molar refractivity (Wildman–Crippen MR) is 118 cm³/mol. The van der Waals surface area contributed by atoms with Gasteiger partial charge in [-0.15, -0.1) is 23.1 Å². The van der Waals surface area contributed by atoms with E-state index >= 15 is 0 Å². The van der Waals surface area contributed by atoms with Gasteiger partial charge >= 0.3 is 0 Å². The molecule has 0 unspecified atom stereocenters. The van der Waals surface area contributed by atoms with E-state index in [1.165, 1.54) is 21.6 Å². The van der Waals surface area contributed by atoms with Crippen LogP contribution < -0.4 is 5.73 Å². The lowest BCUT2D eigenvalue weighted by atomic mass is 9.98. The highest BCUT2D eigenvalue weighted by Crippen LogP contribution is 2.55. The van der Waals surface area contributed by atoms with Crippen LogP contribution in [0.4, 0.5) is 5.82 Å². The maximum absolute atomic E-state index is 6.33. The Kier molecular flexibility index (Phi) is 4.27. The number of rotatable bonds is 2. The topological polar surface area (TPSA) is 54.7 Å². The number of anilines is 1. The number of aromatic nitrogens is 2. The van der Waals surface area contributed by atoms with Crippen molar-refractivity contribution in [1.82, 2.24) is 9.97 Å². The summed E-state index contributed by atoms with van der Waals surface area (Å²) in [6.45, 7) is 0. The Hall–Kier alpha value is -2.15. The fourth-order valence-electron chi connectivity index (χ4n) is 3.72. The molecule has 0 saturated heterocycles. The molecule has 4 aromatic rings. The van der Waals surface area contributed by atoms with Gasteiger partial charge in [0.2, 0.25) is 0 Å². The van der Waals surface area contributed by atoms with Gasteiger partial charge in [-0.3, -0.25) is 0 Å². The maximum Gasteiger partial charge on any atom is 0.199 e. The van der Waals surface area contributed by atoms with Crippen molar-refractivity contribution in [3.63, 3.8) is 0 Å². The molecule has 6 heteroatoms. The average molecular weight is 408 g/mol. The fourth-order valence-corrected chi connectivity index (χ4v) is 7.01. The third kappa shape index (κ3) is 2.98. The summed E-state index contributed by atoms with van der Waals surface area (Å²) in [5.74, 6) is 0.632. The van der Waals surface area contributed by atoms with Crippen LogP contribution in [-0.4, -0.2) is 9.97 Å². The Morgan fingerprint density at radius 1 is 1.00 bits per heavy atom. The zero-order valence-corrected chi connectivity index (χ0v) is 16.8. The van der Waals surface area contributed by atoms with Crippen molar-refractivity contribution in [1.29, 1.82) is 0 Å². The van der Waals surface area contributed by atoms with Gasteiger partial charge in [-0.2, -0.15) is 0 Å². The fraction of sp³-hybridized carbons (Fsp3) is 0.143. The van der Waals surface area contributed by atoms with Crippen LogP contribution in [0.5, 0.6) is 0 Å². The predicted octanol–water partition coefficient (Wildman–Crippen LogP) is 6.06. The molecule has 3 heterocycles. The molecule has 27 heavy (non-hydrogen) atoms. The van der Waals surface area contributed by atoms with E-state index in [1.54, 1.807) is 11.3 Å². The number of aromatic amines is 1. The van der Waals surface area contributed by atoms with Crippen LogP contribution in [0.25, 0.3) is 10.2 Å². The zero-order chi connectivity index (χ0) is 18.4. The molecular weight excluding hydrogens is 390 g/mol. The number of nitrogens with two attached hydrogens (primary N) is 1. The number of thiophene rings is 1. The highest BCUT2D eigenvalue weighted by atomic mass is 32.2. The van der Waals surface area contributed by atoms with E-state index in [2.05, 4.69) is 70.6 Å². The first-order valence-electron chi connectivity index (χ1n) is 8.77. The maximum atomic E-state index is 6.33. The molecule has 1 aliphatic heterocycles. The van der Waals surface area contributed by atoms with Gasteiger partial charge in [0.05, 0.1) is 10.6 Å². The Labute approximate surface area is 170 Å². The number of thioether (sulfide) groups is 1. The van der Waals surface area contributed by atoms with Crippen LogP contribution in [0.1, 0.15) is 32.1 Å². The molecule has 0 spiro atoms. The second kappa shape index (κ2) is 6.78. The van der Waals surface area contributed by atoms with Gasteiger partial charge in [0, 0.05) is 10.1 Å². The number of nitrogens with one attached hydrogen (secondary N) is 1. The Balaban J connectivity index is 1.73. The van der Waals surface area contributed by atoms with Gasteiger partial charge in [-0.05, 0) is 35.3 Å². The second-order valence-corrected chi connectivity index (χ2v) is 9.34. The van der Waals surface area contributed by atoms with Crippen LogP contribution in [0.15, 0.2) is 60.7 Å². The lowest BCUT2D eigenvalue weighted by Gasteiger charge is -2.30. The number of nitrogens with zero attached hydrogens (tertiary/aromatic N) is 1. The number of fused-ring (bicyclic) bond motifs is 3. The lowest BCUT2D eigenvalue weighted by molar-refractivity contribution is 0.895. The van der Waals surface area contributed by atoms with Crippen LogP contribution in [0.2, 0.25) is 0 Å². The zero-order valence-electron chi connectivity index (χ0n) is 14.4. The molecule has 0 aliphatic carbocycles. The third-order valence-electron chi connectivity index (χ3n) is 4.94. The van der Waals surface area contributed by atoms with E-state index in [4.69, 9.17) is 18.0 Å². The van der Waals surface area contributed by atoms with Crippen molar-refractivity contribution in [2.45, 2.75) is 16.9 Å². The minimum atomic E-state index is 0.271. The molecule has 1 aliphatic rings. The smallest absolute Gasteiger partial charge is 0.199 e. The van der Waals surface area contributed by atoms with Crippen molar-refractivity contribution in [3.8, 4) is 0 Å². The molecular formula is C21H17N3S3. The van der Waals surface area contributed by atoms with Crippen molar-refractivity contribution >= 4 is 51.4 Å². The molecule has 2 aromatic heterocycles. The molecule has 3 N–H and O–H groups in total. The number of benzene rings is 2. The van der Waals surface area contributed by atoms with Gasteiger partial charge < -0.3 is 10.7 Å². The minimum absolute atomic E-state index is 0.271. The number of nitrogen functional groups attached to an aromatic ring is 1. The van der Waals surface area contributed by atoms with E-state index in [9.17, 15) is 0 Å². The van der Waals surface area contributed by atoms with Gasteiger partial charge in [-0.25, -0.2) is 4.98 Å². The molecule has 0 bridgehead atoms. The van der Waals surface area contributed by atoms with Gasteiger partial charge in [0.25, 0.3) is 0 Å². The van der Waals surface area contributed by atoms with Crippen LogP contribution in [0, 0.1) is 4.77 Å². The number of H-pyrrole nitrogens is 1. The first kappa shape index (κ1) is 17.0. The number of hydrogen-bond donors (Lipinski definition) is 2. The molecule has 2 aromatic carbocycles. The molecule has 0 radical (unpaired) electrons. The first-order valence-corrected chi connectivity index (χ1v) is 10.9. The summed E-state index contributed by atoms with van der Waals surface area (Å²) in [4.78, 5) is 9.89. The van der Waals surface area contributed by atoms with Crippen molar-refractivity contribution in [3.05, 3.63) is 87.0 Å². The summed E-state index contributed by atoms with van der Waals surface area (Å²) in [7, 11) is 0. The van der Waals surface area contributed by atoms with E-state index in [-0.39, 0.29) is 5.25 Å². The van der Waals surface area contributed by atoms with Crippen molar-refractivity contribution in [2.24, 2.45) is 0 Å². The summed E-state index contributed by atoms with van der Waals surface area (Å²) >= 11 is 8.99. The first-order chi connectivity index (χ1) is 13.2. The molecule has 3 nitrogen and oxygen atoms in total. The monoisotopic (exact) mass is 407 g/mol. The molecule has 134 valence electrons. The highest BCUT2D eigenvalue weighted by Gasteiger charge is 2.33. The van der Waals surface area contributed by atoms with Gasteiger partial charge in [0.15, 0.2) is 4.77 Å². The number of hydrogen-bond acceptors (Lipinski definition) is 5. The second-order valence-electron chi connectivity index (χ2n) is 6.61. The summed E-state index contributed by atoms with van der Waals surface area (Å²) in [5.41, 5.74) is 10.3. The highest BCUT2D eigenvalue weighted by molar-refractivity contribution is 8.00. The average Bonchev–Trinajstić information content (AvgIpc) is 3.07. The molecule has 0 saturated carbocycles. The summed E-state index contributed by atoms with van der Waals surface area (Å²) in [5, 5.41) is 1.70. The third-order valence-corrected chi connectivity index (χ3v) is 8.02. The van der Waals surface area contributed by atoms with E-state index in [0.717, 1.165) is 16.6 Å². The Morgan fingerprint density at radius 3 is 2.37 bits per heavy atom. The molecule has 2 atom stereocenters. The summed E-state index contributed by atoms with van der Waals surface area (Å²) < 4.78 is 0.446. The standard InChI is InChI=1S/C21H17N3S3/c22-19-16-14-11-15(12-7-3-1-4-8-12)26-17(13-9-5-2-6-10-13)18(14)27-20(16)24-21(25)23-19/h1-10,15,17H,11H2,(H3,22,23,24,25)/t15-,17+/m1/s1. The van der Waals surface area contributed by atoms with Gasteiger partial charge in [-0.1, -0.05) is 60.7 Å². The Bertz CT molecular complexity index is 1170. The van der Waals surface area contributed by atoms with Crippen LogP contribution >= 0.6 is 35.3 Å². The lowest BCUT2D eigenvalue weighted by Crippen LogP contribution is -2.12.